The van der Waals surface area contributed by atoms with Crippen LogP contribution in [0.5, 0.6) is 5.75 Å². The smallest absolute Gasteiger partial charge is 0.142 e. The average molecular weight is 177 g/mol. The maximum atomic E-state index is 5.63. The average Bonchev–Trinajstić information content (AvgIpc) is 2.17. The maximum Gasteiger partial charge on any atom is 0.142 e. The fourth-order valence-corrected chi connectivity index (χ4v) is 1.49. The van der Waals surface area contributed by atoms with Crippen molar-refractivity contribution in [3.63, 3.8) is 0 Å². The van der Waals surface area contributed by atoms with Gasteiger partial charge in [-0.25, -0.2) is 0 Å². The Kier molecular flexibility index (Phi) is 2.13. The third kappa shape index (κ3) is 1.62. The van der Waals surface area contributed by atoms with Crippen LogP contribution in [0.25, 0.3) is 0 Å². The van der Waals surface area contributed by atoms with Crippen LogP contribution in [0.3, 0.4) is 0 Å². The number of benzene rings is 1. The first kappa shape index (κ1) is 8.42. The fourth-order valence-electron chi connectivity index (χ4n) is 1.49. The summed E-state index contributed by atoms with van der Waals surface area (Å²) in [5.74, 6) is 1.58. The highest BCUT2D eigenvalue weighted by atomic mass is 16.5. The summed E-state index contributed by atoms with van der Waals surface area (Å²) in [6, 6.07) is 8.52. The Morgan fingerprint density at radius 3 is 2.92 bits per heavy atom. The van der Waals surface area contributed by atoms with E-state index in [4.69, 9.17) is 4.74 Å². The molecule has 1 atom stereocenters. The second kappa shape index (κ2) is 3.29. The largest absolute Gasteiger partial charge is 0.489 e. The summed E-state index contributed by atoms with van der Waals surface area (Å²) >= 11 is 0. The molecule has 0 aromatic heterocycles. The van der Waals surface area contributed by atoms with E-state index in [1.807, 2.05) is 18.2 Å². The molecule has 13 heavy (non-hydrogen) atoms. The number of rotatable bonds is 1. The Hall–Kier alpha value is -1.18. The van der Waals surface area contributed by atoms with Gasteiger partial charge in [0.2, 0.25) is 0 Å². The molecular weight excluding hydrogens is 162 g/mol. The minimum Gasteiger partial charge on any atom is -0.489 e. The molecule has 0 spiro atoms. The third-order valence-electron chi connectivity index (χ3n) is 2.45. The van der Waals surface area contributed by atoms with Crippen molar-refractivity contribution in [3.05, 3.63) is 24.3 Å². The quantitative estimate of drug-likeness (QED) is 0.711. The summed E-state index contributed by atoms with van der Waals surface area (Å²) in [5.41, 5.74) is 1.12. The van der Waals surface area contributed by atoms with Crippen LogP contribution in [0.15, 0.2) is 24.3 Å². The van der Waals surface area contributed by atoms with Crippen molar-refractivity contribution < 1.29 is 4.74 Å². The molecule has 70 valence electrons. The second-order valence-electron chi connectivity index (χ2n) is 3.80. The first-order valence-electron chi connectivity index (χ1n) is 4.76. The van der Waals surface area contributed by atoms with Gasteiger partial charge in [-0.3, -0.25) is 0 Å². The fraction of sp³-hybridized carbons (Fsp3) is 0.455. The minimum atomic E-state index is 0.440. The normalized spacial score (nSPS) is 20.4. The van der Waals surface area contributed by atoms with Gasteiger partial charge < -0.3 is 10.1 Å². The lowest BCUT2D eigenvalue weighted by Crippen LogP contribution is -2.35. The van der Waals surface area contributed by atoms with Crippen molar-refractivity contribution in [1.82, 2.24) is 0 Å². The van der Waals surface area contributed by atoms with Crippen molar-refractivity contribution in [3.8, 4) is 5.75 Å². The van der Waals surface area contributed by atoms with Crippen LogP contribution >= 0.6 is 0 Å². The van der Waals surface area contributed by atoms with Crippen LogP contribution in [-0.2, 0) is 0 Å². The molecule has 1 aromatic carbocycles. The lowest BCUT2D eigenvalue weighted by Gasteiger charge is -2.29. The summed E-state index contributed by atoms with van der Waals surface area (Å²) in [6.45, 7) is 5.18. The lowest BCUT2D eigenvalue weighted by atomic mass is 10.0. The molecule has 1 heterocycles. The van der Waals surface area contributed by atoms with E-state index in [0.717, 1.165) is 18.0 Å². The van der Waals surface area contributed by atoms with E-state index in [0.29, 0.717) is 12.0 Å². The molecule has 2 heteroatoms. The monoisotopic (exact) mass is 177 g/mol. The van der Waals surface area contributed by atoms with Crippen LogP contribution in [0.4, 0.5) is 5.69 Å². The van der Waals surface area contributed by atoms with Gasteiger partial charge in [-0.2, -0.15) is 0 Å². The van der Waals surface area contributed by atoms with Gasteiger partial charge in [0.05, 0.1) is 11.7 Å². The minimum absolute atomic E-state index is 0.440. The molecule has 0 saturated heterocycles. The molecule has 0 saturated carbocycles. The molecule has 0 radical (unpaired) electrons. The topological polar surface area (TPSA) is 21.3 Å². The van der Waals surface area contributed by atoms with Crippen molar-refractivity contribution in [2.75, 3.05) is 11.9 Å². The van der Waals surface area contributed by atoms with Crippen molar-refractivity contribution in [2.24, 2.45) is 5.92 Å². The zero-order valence-corrected chi connectivity index (χ0v) is 8.08. The molecule has 0 fully saturated rings. The summed E-state index contributed by atoms with van der Waals surface area (Å²) in [6.07, 6.45) is 0. The molecule has 1 aliphatic rings. The number of para-hydroxylation sites is 2. The highest BCUT2D eigenvalue weighted by Gasteiger charge is 2.20. The van der Waals surface area contributed by atoms with Crippen molar-refractivity contribution in [2.45, 2.75) is 19.9 Å². The number of nitrogens with one attached hydrogen (secondary N) is 1. The van der Waals surface area contributed by atoms with Gasteiger partial charge in [0.1, 0.15) is 12.4 Å². The lowest BCUT2D eigenvalue weighted by molar-refractivity contribution is 0.257. The molecule has 0 amide bonds. The first-order valence-corrected chi connectivity index (χ1v) is 4.76. The van der Waals surface area contributed by atoms with E-state index in [2.05, 4.69) is 25.2 Å². The number of hydrogen-bond donors (Lipinski definition) is 1. The van der Waals surface area contributed by atoms with Crippen LogP contribution in [0.1, 0.15) is 13.8 Å². The second-order valence-corrected chi connectivity index (χ2v) is 3.80. The van der Waals surface area contributed by atoms with Crippen LogP contribution < -0.4 is 10.1 Å². The molecule has 1 aromatic rings. The Morgan fingerprint density at radius 1 is 1.38 bits per heavy atom. The summed E-state index contributed by atoms with van der Waals surface area (Å²) < 4.78 is 5.63. The summed E-state index contributed by atoms with van der Waals surface area (Å²) in [4.78, 5) is 0. The molecule has 1 N–H and O–H groups in total. The number of hydrogen-bond acceptors (Lipinski definition) is 2. The zero-order valence-electron chi connectivity index (χ0n) is 8.08. The molecule has 1 unspecified atom stereocenters. The Balaban J connectivity index is 2.20. The maximum absolute atomic E-state index is 5.63. The molecule has 0 aliphatic carbocycles. The van der Waals surface area contributed by atoms with Crippen LogP contribution in [-0.4, -0.2) is 12.6 Å². The van der Waals surface area contributed by atoms with Crippen LogP contribution in [0.2, 0.25) is 0 Å². The zero-order chi connectivity index (χ0) is 9.26. The van der Waals surface area contributed by atoms with Gasteiger partial charge in [0.25, 0.3) is 0 Å². The number of ether oxygens (including phenoxy) is 1. The standard InChI is InChI=1S/C11H15NO/c1-8(2)10-7-13-11-6-4-3-5-9(11)12-10/h3-6,8,10,12H,7H2,1-2H3. The molecule has 2 rings (SSSR count). The van der Waals surface area contributed by atoms with E-state index in [1.54, 1.807) is 0 Å². The van der Waals surface area contributed by atoms with Gasteiger partial charge in [-0.1, -0.05) is 26.0 Å². The highest BCUT2D eigenvalue weighted by molar-refractivity contribution is 5.58. The van der Waals surface area contributed by atoms with E-state index in [1.165, 1.54) is 0 Å². The molecular formula is C11H15NO. The Bertz CT molecular complexity index is 296. The molecule has 2 nitrogen and oxygen atoms in total. The molecule has 1 aliphatic heterocycles. The molecule has 0 bridgehead atoms. The van der Waals surface area contributed by atoms with E-state index < -0.39 is 0 Å². The first-order chi connectivity index (χ1) is 6.27. The number of fused-ring (bicyclic) bond motifs is 1. The highest BCUT2D eigenvalue weighted by Crippen LogP contribution is 2.29. The predicted molar refractivity (Wildman–Crippen MR) is 54.2 cm³/mol. The van der Waals surface area contributed by atoms with Gasteiger partial charge in [0.15, 0.2) is 0 Å². The van der Waals surface area contributed by atoms with E-state index in [-0.39, 0.29) is 0 Å². The number of anilines is 1. The van der Waals surface area contributed by atoms with Gasteiger partial charge >= 0.3 is 0 Å². The van der Waals surface area contributed by atoms with E-state index in [9.17, 15) is 0 Å². The van der Waals surface area contributed by atoms with Gasteiger partial charge in [-0.05, 0) is 18.1 Å². The van der Waals surface area contributed by atoms with Gasteiger partial charge in [0, 0.05) is 0 Å². The van der Waals surface area contributed by atoms with Crippen molar-refractivity contribution in [1.29, 1.82) is 0 Å². The van der Waals surface area contributed by atoms with Crippen LogP contribution in [0, 0.1) is 5.92 Å². The third-order valence-corrected chi connectivity index (χ3v) is 2.45. The SMILES string of the molecule is CC(C)C1COc2ccccc2N1. The van der Waals surface area contributed by atoms with Gasteiger partial charge in [-0.15, -0.1) is 0 Å². The Morgan fingerprint density at radius 2 is 2.15 bits per heavy atom. The predicted octanol–water partition coefficient (Wildman–Crippen LogP) is 2.52. The van der Waals surface area contributed by atoms with Crippen molar-refractivity contribution >= 4 is 5.69 Å². The van der Waals surface area contributed by atoms with E-state index >= 15 is 0 Å². The summed E-state index contributed by atoms with van der Waals surface area (Å²) in [7, 11) is 0. The Labute approximate surface area is 78.9 Å². The summed E-state index contributed by atoms with van der Waals surface area (Å²) in [5, 5.41) is 3.47.